The van der Waals surface area contributed by atoms with Gasteiger partial charge in [-0.2, -0.15) is 0 Å². The normalized spacial score (nSPS) is 10.3. The van der Waals surface area contributed by atoms with Crippen LogP contribution in [0, 0.1) is 6.92 Å². The number of rotatable bonds is 8. The van der Waals surface area contributed by atoms with E-state index in [1.165, 1.54) is 6.92 Å². The molecule has 0 aliphatic rings. The summed E-state index contributed by atoms with van der Waals surface area (Å²) in [7, 11) is 0. The first kappa shape index (κ1) is 19.4. The molecular weight excluding hydrogens is 330 g/mol. The predicted molar refractivity (Wildman–Crippen MR) is 103 cm³/mol. The Morgan fingerprint density at radius 1 is 1.04 bits per heavy atom. The molecule has 0 bridgehead atoms. The third kappa shape index (κ3) is 6.16. The third-order valence-electron chi connectivity index (χ3n) is 3.60. The van der Waals surface area contributed by atoms with E-state index in [4.69, 9.17) is 0 Å². The molecule has 0 unspecified atom stereocenters. The highest BCUT2D eigenvalue weighted by molar-refractivity contribution is 6.03. The van der Waals surface area contributed by atoms with Gasteiger partial charge in [0.1, 0.15) is 17.3 Å². The van der Waals surface area contributed by atoms with Crippen LogP contribution in [-0.4, -0.2) is 28.3 Å². The average Bonchev–Trinajstić information content (AvgIpc) is 2.58. The minimum absolute atomic E-state index is 0.168. The molecule has 0 fully saturated rings. The number of unbranched alkanes of at least 4 members (excludes halogenated alkanes) is 2. The van der Waals surface area contributed by atoms with E-state index in [1.54, 1.807) is 37.3 Å². The molecule has 1 aromatic heterocycles. The molecule has 3 N–H and O–H groups in total. The molecule has 26 heavy (non-hydrogen) atoms. The minimum atomic E-state index is -0.327. The molecule has 2 rings (SSSR count). The Kier molecular flexibility index (Phi) is 7.08. The number of benzene rings is 1. The number of carbonyl (C=O) groups is 2. The van der Waals surface area contributed by atoms with Gasteiger partial charge >= 0.3 is 0 Å². The summed E-state index contributed by atoms with van der Waals surface area (Å²) >= 11 is 0. The van der Waals surface area contributed by atoms with Crippen LogP contribution >= 0.6 is 0 Å². The Labute approximate surface area is 153 Å². The molecule has 138 valence electrons. The molecule has 0 aliphatic carbocycles. The van der Waals surface area contributed by atoms with Crippen molar-refractivity contribution in [3.05, 3.63) is 41.9 Å². The number of carbonyl (C=O) groups excluding carboxylic acids is 2. The number of anilines is 3. The van der Waals surface area contributed by atoms with Crippen molar-refractivity contribution in [1.82, 2.24) is 9.97 Å². The highest BCUT2D eigenvalue weighted by Gasteiger charge is 2.11. The van der Waals surface area contributed by atoms with Gasteiger partial charge in [-0.15, -0.1) is 0 Å². The summed E-state index contributed by atoms with van der Waals surface area (Å²) in [6.45, 7) is 6.15. The molecule has 0 saturated heterocycles. The van der Waals surface area contributed by atoms with Crippen molar-refractivity contribution >= 4 is 29.0 Å². The lowest BCUT2D eigenvalue weighted by Gasteiger charge is -2.10. The van der Waals surface area contributed by atoms with E-state index in [9.17, 15) is 9.59 Å². The first-order valence-electron chi connectivity index (χ1n) is 8.76. The molecule has 2 aromatic rings. The zero-order chi connectivity index (χ0) is 18.9. The van der Waals surface area contributed by atoms with Crippen molar-refractivity contribution in [2.24, 2.45) is 0 Å². The summed E-state index contributed by atoms with van der Waals surface area (Å²) < 4.78 is 0. The van der Waals surface area contributed by atoms with Crippen LogP contribution in [0.5, 0.6) is 0 Å². The van der Waals surface area contributed by atoms with Gasteiger partial charge in [0.15, 0.2) is 0 Å². The van der Waals surface area contributed by atoms with Crippen LogP contribution in [0.15, 0.2) is 30.3 Å². The van der Waals surface area contributed by atoms with Gasteiger partial charge in [-0.1, -0.05) is 25.8 Å². The Morgan fingerprint density at radius 3 is 2.46 bits per heavy atom. The van der Waals surface area contributed by atoms with Crippen LogP contribution in [0.4, 0.5) is 17.2 Å². The van der Waals surface area contributed by atoms with Crippen LogP contribution in [0.2, 0.25) is 0 Å². The average molecular weight is 355 g/mol. The van der Waals surface area contributed by atoms with E-state index < -0.39 is 0 Å². The number of hydrogen-bond donors (Lipinski definition) is 3. The highest BCUT2D eigenvalue weighted by atomic mass is 16.2. The number of aromatic nitrogens is 2. The maximum absolute atomic E-state index is 12.5. The van der Waals surface area contributed by atoms with Crippen molar-refractivity contribution in [2.45, 2.75) is 40.0 Å². The SMILES string of the molecule is CCCCCNc1cc(C(=O)Nc2cccc(NC(C)=O)c2)nc(C)n1. The molecule has 0 atom stereocenters. The fraction of sp³-hybridized carbons (Fsp3) is 0.368. The van der Waals surface area contributed by atoms with Gasteiger partial charge in [-0.25, -0.2) is 9.97 Å². The lowest BCUT2D eigenvalue weighted by molar-refractivity contribution is -0.114. The Morgan fingerprint density at radius 2 is 1.77 bits per heavy atom. The van der Waals surface area contributed by atoms with Gasteiger partial charge in [0.2, 0.25) is 5.91 Å². The molecule has 0 radical (unpaired) electrons. The molecular formula is C19H25N5O2. The molecule has 7 nitrogen and oxygen atoms in total. The lowest BCUT2D eigenvalue weighted by atomic mass is 10.2. The highest BCUT2D eigenvalue weighted by Crippen LogP contribution is 2.16. The van der Waals surface area contributed by atoms with Gasteiger partial charge in [0.05, 0.1) is 0 Å². The summed E-state index contributed by atoms with van der Waals surface area (Å²) in [5.74, 6) is 0.680. The molecule has 1 heterocycles. The second-order valence-corrected chi connectivity index (χ2v) is 6.04. The smallest absolute Gasteiger partial charge is 0.274 e. The van der Waals surface area contributed by atoms with Gasteiger partial charge in [-0.05, 0) is 31.5 Å². The van der Waals surface area contributed by atoms with E-state index >= 15 is 0 Å². The zero-order valence-corrected chi connectivity index (χ0v) is 15.4. The Hall–Kier alpha value is -2.96. The van der Waals surface area contributed by atoms with Gasteiger partial charge in [0.25, 0.3) is 5.91 Å². The minimum Gasteiger partial charge on any atom is -0.370 e. The molecule has 2 amide bonds. The fourth-order valence-corrected chi connectivity index (χ4v) is 2.44. The quantitative estimate of drug-likeness (QED) is 0.629. The molecule has 0 aliphatic heterocycles. The number of hydrogen-bond acceptors (Lipinski definition) is 5. The van der Waals surface area contributed by atoms with E-state index in [2.05, 4.69) is 32.8 Å². The number of aryl methyl sites for hydroxylation is 1. The summed E-state index contributed by atoms with van der Waals surface area (Å²) in [5.41, 5.74) is 1.49. The first-order valence-corrected chi connectivity index (χ1v) is 8.76. The van der Waals surface area contributed by atoms with Crippen molar-refractivity contribution in [1.29, 1.82) is 0 Å². The maximum Gasteiger partial charge on any atom is 0.274 e. The Balaban J connectivity index is 2.07. The van der Waals surface area contributed by atoms with Crippen molar-refractivity contribution in [3.63, 3.8) is 0 Å². The van der Waals surface area contributed by atoms with Crippen LogP contribution in [0.1, 0.15) is 49.4 Å². The van der Waals surface area contributed by atoms with Gasteiger partial charge in [0, 0.05) is 30.9 Å². The second-order valence-electron chi connectivity index (χ2n) is 6.04. The van der Waals surface area contributed by atoms with Crippen LogP contribution < -0.4 is 16.0 Å². The zero-order valence-electron chi connectivity index (χ0n) is 15.4. The summed E-state index contributed by atoms with van der Waals surface area (Å²) in [6, 6.07) is 8.60. The van der Waals surface area contributed by atoms with E-state index in [0.717, 1.165) is 25.8 Å². The topological polar surface area (TPSA) is 96.0 Å². The predicted octanol–water partition coefficient (Wildman–Crippen LogP) is 3.60. The number of nitrogens with zero attached hydrogens (tertiary/aromatic N) is 2. The van der Waals surface area contributed by atoms with Crippen LogP contribution in [0.3, 0.4) is 0 Å². The number of nitrogens with one attached hydrogen (secondary N) is 3. The third-order valence-corrected chi connectivity index (χ3v) is 3.60. The van der Waals surface area contributed by atoms with E-state index in [-0.39, 0.29) is 11.8 Å². The Bertz CT molecular complexity index is 776. The number of amides is 2. The molecule has 1 aromatic carbocycles. The van der Waals surface area contributed by atoms with Crippen molar-refractivity contribution in [3.8, 4) is 0 Å². The second kappa shape index (κ2) is 9.50. The van der Waals surface area contributed by atoms with E-state index in [1.807, 2.05) is 0 Å². The molecule has 7 heteroatoms. The summed E-state index contributed by atoms with van der Waals surface area (Å²) in [5, 5.41) is 8.71. The molecule has 0 saturated carbocycles. The summed E-state index contributed by atoms with van der Waals surface area (Å²) in [4.78, 5) is 32.2. The van der Waals surface area contributed by atoms with Crippen molar-refractivity contribution in [2.75, 3.05) is 22.5 Å². The van der Waals surface area contributed by atoms with Crippen LogP contribution in [0.25, 0.3) is 0 Å². The lowest BCUT2D eigenvalue weighted by Crippen LogP contribution is -2.16. The van der Waals surface area contributed by atoms with Gasteiger partial charge in [-0.3, -0.25) is 9.59 Å². The maximum atomic E-state index is 12.5. The van der Waals surface area contributed by atoms with E-state index in [0.29, 0.717) is 28.7 Å². The van der Waals surface area contributed by atoms with Crippen LogP contribution in [-0.2, 0) is 4.79 Å². The monoisotopic (exact) mass is 355 g/mol. The largest absolute Gasteiger partial charge is 0.370 e. The van der Waals surface area contributed by atoms with Gasteiger partial charge < -0.3 is 16.0 Å². The standard InChI is InChI=1S/C19H25N5O2/c1-4-5-6-10-20-18-12-17(21-13(2)22-18)19(26)24-16-9-7-8-15(11-16)23-14(3)25/h7-9,11-12H,4-6,10H2,1-3H3,(H,23,25)(H,24,26)(H,20,21,22). The summed E-state index contributed by atoms with van der Waals surface area (Å²) in [6.07, 6.45) is 3.35. The first-order chi connectivity index (χ1) is 12.5. The molecule has 0 spiro atoms. The van der Waals surface area contributed by atoms with Crippen molar-refractivity contribution < 1.29 is 9.59 Å². The fourth-order valence-electron chi connectivity index (χ4n) is 2.44.